The summed E-state index contributed by atoms with van der Waals surface area (Å²) < 4.78 is 5.66. The van der Waals surface area contributed by atoms with E-state index >= 15 is 0 Å². The van der Waals surface area contributed by atoms with E-state index in [-0.39, 0.29) is 12.5 Å². The first-order valence-electron chi connectivity index (χ1n) is 8.88. The average Bonchev–Trinajstić information content (AvgIpc) is 2.72. The van der Waals surface area contributed by atoms with Crippen molar-refractivity contribution in [1.82, 2.24) is 5.32 Å². The van der Waals surface area contributed by atoms with Crippen molar-refractivity contribution in [1.29, 1.82) is 0 Å². The summed E-state index contributed by atoms with van der Waals surface area (Å²) in [6.45, 7) is 2.49. The highest BCUT2D eigenvalue weighted by Gasteiger charge is 2.18. The second-order valence-corrected chi connectivity index (χ2v) is 6.97. The quantitative estimate of drug-likeness (QED) is 0.595. The summed E-state index contributed by atoms with van der Waals surface area (Å²) in [4.78, 5) is 14.0. The Morgan fingerprint density at radius 2 is 1.85 bits per heavy atom. The smallest absolute Gasteiger partial charge is 0.255 e. The summed E-state index contributed by atoms with van der Waals surface area (Å²) in [6, 6.07) is 19.2. The van der Waals surface area contributed by atoms with Crippen molar-refractivity contribution >= 4 is 28.4 Å². The van der Waals surface area contributed by atoms with Crippen molar-refractivity contribution in [2.75, 3.05) is 19.4 Å². The van der Waals surface area contributed by atoms with Gasteiger partial charge in [-0.1, -0.05) is 42.5 Å². The largest absolute Gasteiger partial charge is 0.493 e. The molecular formula is C22H23NO3S. The minimum absolute atomic E-state index is 0.131. The van der Waals surface area contributed by atoms with Gasteiger partial charge < -0.3 is 15.2 Å². The van der Waals surface area contributed by atoms with Crippen molar-refractivity contribution in [3.63, 3.8) is 0 Å². The molecule has 0 spiro atoms. The summed E-state index contributed by atoms with van der Waals surface area (Å²) in [7, 11) is 0. The van der Waals surface area contributed by atoms with Gasteiger partial charge in [0.25, 0.3) is 5.91 Å². The van der Waals surface area contributed by atoms with Crippen LogP contribution in [0.2, 0.25) is 0 Å². The predicted octanol–water partition coefficient (Wildman–Crippen LogP) is 4.42. The molecule has 0 aromatic heterocycles. The summed E-state index contributed by atoms with van der Waals surface area (Å²) in [5, 5.41) is 15.1. The third-order valence-corrected chi connectivity index (χ3v) is 5.12. The number of aliphatic hydroxyl groups excluding tert-OH is 1. The van der Waals surface area contributed by atoms with Gasteiger partial charge in [-0.25, -0.2) is 0 Å². The molecule has 27 heavy (non-hydrogen) atoms. The van der Waals surface area contributed by atoms with Crippen LogP contribution in [0.4, 0.5) is 0 Å². The van der Waals surface area contributed by atoms with Gasteiger partial charge in [-0.2, -0.15) is 0 Å². The van der Waals surface area contributed by atoms with Gasteiger partial charge in [-0.05, 0) is 47.7 Å². The van der Waals surface area contributed by atoms with E-state index in [0.29, 0.717) is 17.9 Å². The van der Waals surface area contributed by atoms with Crippen LogP contribution in [-0.4, -0.2) is 30.4 Å². The van der Waals surface area contributed by atoms with Crippen LogP contribution in [-0.2, 0) is 0 Å². The first kappa shape index (κ1) is 19.3. The summed E-state index contributed by atoms with van der Waals surface area (Å²) in [6.07, 6.45) is 1.24. The number of hydrogen-bond acceptors (Lipinski definition) is 4. The van der Waals surface area contributed by atoms with Crippen LogP contribution in [0, 0.1) is 0 Å². The third kappa shape index (κ3) is 4.43. The lowest BCUT2D eigenvalue weighted by Crippen LogP contribution is -2.29. The van der Waals surface area contributed by atoms with Gasteiger partial charge in [0.1, 0.15) is 5.75 Å². The van der Waals surface area contributed by atoms with Gasteiger partial charge in [0.2, 0.25) is 0 Å². The normalized spacial score (nSPS) is 12.0. The Bertz CT molecular complexity index is 924. The molecule has 0 heterocycles. The highest BCUT2D eigenvalue weighted by molar-refractivity contribution is 7.98. The lowest BCUT2D eigenvalue weighted by molar-refractivity contribution is 0.0914. The van der Waals surface area contributed by atoms with Crippen LogP contribution >= 0.6 is 11.8 Å². The SMILES string of the molecule is CCOc1ccc2ccccc2c1C(=O)NCC(O)c1ccc(SC)cc1. The fourth-order valence-electron chi connectivity index (χ4n) is 2.98. The van der Waals surface area contributed by atoms with Crippen LogP contribution in [0.5, 0.6) is 5.75 Å². The highest BCUT2D eigenvalue weighted by Crippen LogP contribution is 2.28. The molecule has 3 aromatic carbocycles. The molecule has 1 atom stereocenters. The minimum Gasteiger partial charge on any atom is -0.493 e. The zero-order valence-corrected chi connectivity index (χ0v) is 16.3. The standard InChI is InChI=1S/C22H23NO3S/c1-3-26-20-13-10-15-6-4-5-7-18(15)21(20)22(25)23-14-19(24)16-8-11-17(27-2)12-9-16/h4-13,19,24H,3,14H2,1-2H3,(H,23,25). The molecule has 1 amide bonds. The molecule has 3 aromatic rings. The van der Waals surface area contributed by atoms with E-state index in [1.54, 1.807) is 11.8 Å². The number of nitrogens with one attached hydrogen (secondary N) is 1. The van der Waals surface area contributed by atoms with Gasteiger partial charge in [0.05, 0.1) is 18.3 Å². The Hall–Kier alpha value is -2.50. The number of fused-ring (bicyclic) bond motifs is 1. The number of carbonyl (C=O) groups excluding carboxylic acids is 1. The predicted molar refractivity (Wildman–Crippen MR) is 111 cm³/mol. The van der Waals surface area contributed by atoms with Crippen molar-refractivity contribution in [3.8, 4) is 5.75 Å². The van der Waals surface area contributed by atoms with Gasteiger partial charge in [-0.3, -0.25) is 4.79 Å². The maximum Gasteiger partial charge on any atom is 0.255 e. The first-order chi connectivity index (χ1) is 13.1. The molecule has 4 nitrogen and oxygen atoms in total. The van der Waals surface area contributed by atoms with Gasteiger partial charge in [-0.15, -0.1) is 11.8 Å². The van der Waals surface area contributed by atoms with Gasteiger partial charge in [0, 0.05) is 11.4 Å². The molecule has 0 saturated heterocycles. The Morgan fingerprint density at radius 1 is 1.11 bits per heavy atom. The summed E-state index contributed by atoms with van der Waals surface area (Å²) >= 11 is 1.65. The molecule has 0 fully saturated rings. The molecular weight excluding hydrogens is 358 g/mol. The average molecular weight is 381 g/mol. The topological polar surface area (TPSA) is 58.6 Å². The number of amides is 1. The molecule has 0 aliphatic heterocycles. The van der Waals surface area contributed by atoms with Crippen molar-refractivity contribution in [2.24, 2.45) is 0 Å². The minimum atomic E-state index is -0.768. The number of rotatable bonds is 7. The lowest BCUT2D eigenvalue weighted by Gasteiger charge is -2.16. The molecule has 2 N–H and O–H groups in total. The van der Waals surface area contributed by atoms with E-state index < -0.39 is 6.10 Å². The number of aliphatic hydroxyl groups is 1. The summed E-state index contributed by atoms with van der Waals surface area (Å²) in [5.74, 6) is 0.294. The maximum atomic E-state index is 12.9. The van der Waals surface area contributed by atoms with Gasteiger partial charge in [0.15, 0.2) is 0 Å². The van der Waals surface area contributed by atoms with Crippen LogP contribution in [0.25, 0.3) is 10.8 Å². The van der Waals surface area contributed by atoms with Gasteiger partial charge >= 0.3 is 0 Å². The number of carbonyl (C=O) groups is 1. The molecule has 0 aliphatic carbocycles. The molecule has 0 aliphatic rings. The van der Waals surface area contributed by atoms with Crippen LogP contribution in [0.3, 0.4) is 0 Å². The summed E-state index contributed by atoms with van der Waals surface area (Å²) in [5.41, 5.74) is 1.27. The van der Waals surface area contributed by atoms with E-state index in [4.69, 9.17) is 4.74 Å². The fraction of sp³-hybridized carbons (Fsp3) is 0.227. The molecule has 140 valence electrons. The molecule has 1 unspecified atom stereocenters. The number of ether oxygens (including phenoxy) is 1. The third-order valence-electron chi connectivity index (χ3n) is 4.37. The van der Waals surface area contributed by atoms with E-state index in [1.807, 2.05) is 73.8 Å². The number of thioether (sulfide) groups is 1. The van der Waals surface area contributed by atoms with E-state index in [0.717, 1.165) is 21.2 Å². The lowest BCUT2D eigenvalue weighted by atomic mass is 10.0. The molecule has 0 bridgehead atoms. The zero-order valence-electron chi connectivity index (χ0n) is 15.4. The Labute approximate surface area is 163 Å². The van der Waals surface area contributed by atoms with Crippen molar-refractivity contribution in [3.05, 3.63) is 71.8 Å². The van der Waals surface area contributed by atoms with E-state index in [9.17, 15) is 9.90 Å². The second kappa shape index (κ2) is 8.93. The van der Waals surface area contributed by atoms with E-state index in [2.05, 4.69) is 5.32 Å². The maximum absolute atomic E-state index is 12.9. The Morgan fingerprint density at radius 3 is 2.56 bits per heavy atom. The monoisotopic (exact) mass is 381 g/mol. The molecule has 5 heteroatoms. The molecule has 3 rings (SSSR count). The zero-order chi connectivity index (χ0) is 19.2. The first-order valence-corrected chi connectivity index (χ1v) is 10.1. The van der Waals surface area contributed by atoms with Crippen LogP contribution in [0.1, 0.15) is 28.9 Å². The fourth-order valence-corrected chi connectivity index (χ4v) is 3.39. The highest BCUT2D eigenvalue weighted by atomic mass is 32.2. The van der Waals surface area contributed by atoms with Crippen molar-refractivity contribution < 1.29 is 14.6 Å². The molecule has 0 radical (unpaired) electrons. The number of benzene rings is 3. The second-order valence-electron chi connectivity index (χ2n) is 6.09. The van der Waals surface area contributed by atoms with Crippen LogP contribution in [0.15, 0.2) is 65.6 Å². The van der Waals surface area contributed by atoms with E-state index in [1.165, 1.54) is 0 Å². The Kier molecular flexibility index (Phi) is 6.37. The van der Waals surface area contributed by atoms with Crippen LogP contribution < -0.4 is 10.1 Å². The molecule has 0 saturated carbocycles. The number of hydrogen-bond donors (Lipinski definition) is 2. The Balaban J connectivity index is 1.79. The van der Waals surface area contributed by atoms with Crippen molar-refractivity contribution in [2.45, 2.75) is 17.9 Å².